The molecule has 0 rings (SSSR count). The quantitative estimate of drug-likeness (QED) is 0.0261. The molecule has 0 aromatic rings. The zero-order valence-electron chi connectivity index (χ0n) is 50.2. The molecule has 1 unspecified atom stereocenters. The van der Waals surface area contributed by atoms with Gasteiger partial charge in [-0.3, -0.25) is 14.4 Å². The molecule has 0 N–H and O–H groups in total. The average molecular weight is 1070 g/mol. The maximum atomic E-state index is 12.8. The molecule has 0 bridgehead atoms. The number of carbonyl (C=O) groups excluding carboxylic acids is 3. The van der Waals surface area contributed by atoms with Crippen LogP contribution in [0.2, 0.25) is 0 Å². The van der Waals surface area contributed by atoms with Crippen molar-refractivity contribution in [1.29, 1.82) is 0 Å². The summed E-state index contributed by atoms with van der Waals surface area (Å²) in [5, 5.41) is 0. The van der Waals surface area contributed by atoms with E-state index in [9.17, 15) is 14.4 Å². The smallest absolute Gasteiger partial charge is 0.306 e. The summed E-state index contributed by atoms with van der Waals surface area (Å²) in [6.45, 7) is 6.49. The minimum Gasteiger partial charge on any atom is -0.462 e. The van der Waals surface area contributed by atoms with E-state index >= 15 is 0 Å². The number of carbonyl (C=O) groups is 3. The van der Waals surface area contributed by atoms with Crippen LogP contribution in [0.15, 0.2) is 122 Å². The zero-order chi connectivity index (χ0) is 55.7. The number of esters is 3. The average Bonchev–Trinajstić information content (AvgIpc) is 3.43. The van der Waals surface area contributed by atoms with Gasteiger partial charge in [0.25, 0.3) is 0 Å². The lowest BCUT2D eigenvalue weighted by Gasteiger charge is -2.18. The Labute approximate surface area is 475 Å². The minimum absolute atomic E-state index is 0.0837. The van der Waals surface area contributed by atoms with Gasteiger partial charge in [-0.2, -0.15) is 0 Å². The van der Waals surface area contributed by atoms with Gasteiger partial charge in [-0.25, -0.2) is 0 Å². The summed E-state index contributed by atoms with van der Waals surface area (Å²) in [6.07, 6.45) is 89.3. The van der Waals surface area contributed by atoms with E-state index in [-0.39, 0.29) is 31.1 Å². The summed E-state index contributed by atoms with van der Waals surface area (Å²) >= 11 is 0. The standard InChI is InChI=1S/C71H118O6/c1-4-7-10-13-16-19-21-23-25-26-27-28-29-30-31-32-33-34-35-36-37-38-39-40-41-42-43-44-46-47-49-52-55-58-61-64-70(73)76-67-68(66-75-69(72)63-60-57-54-51-18-15-12-9-6-3)77-71(74)65-62-59-56-53-50-48-45-24-22-20-17-14-11-8-5-2/h7,10,16,19,23-25,27-28,30-31,33-34,36-37,39-40,42-43,45,68H,4-6,8-9,11-15,17-18,20-22,26,29,32,35,38,41,44,46-67H2,1-3H3/b10-7-,19-16-,25-23-,28-27-,31-30-,34-33-,37-36-,40-39-,43-42-,45-24-. The van der Waals surface area contributed by atoms with Crippen LogP contribution in [0, 0.1) is 0 Å². The van der Waals surface area contributed by atoms with Crippen LogP contribution < -0.4 is 0 Å². The van der Waals surface area contributed by atoms with Gasteiger partial charge in [0.05, 0.1) is 0 Å². The van der Waals surface area contributed by atoms with Gasteiger partial charge < -0.3 is 14.2 Å². The maximum Gasteiger partial charge on any atom is 0.306 e. The molecule has 6 heteroatoms. The molecule has 0 aromatic heterocycles. The number of ether oxygens (including phenoxy) is 3. The van der Waals surface area contributed by atoms with E-state index in [4.69, 9.17) is 14.2 Å². The van der Waals surface area contributed by atoms with Crippen LogP contribution in [0.4, 0.5) is 0 Å². The van der Waals surface area contributed by atoms with E-state index < -0.39 is 6.10 Å². The van der Waals surface area contributed by atoms with Gasteiger partial charge in [0, 0.05) is 19.3 Å². The van der Waals surface area contributed by atoms with Gasteiger partial charge in [0.1, 0.15) is 13.2 Å². The van der Waals surface area contributed by atoms with E-state index in [1.54, 1.807) is 0 Å². The number of rotatable bonds is 57. The third kappa shape index (κ3) is 62.5. The van der Waals surface area contributed by atoms with Crippen molar-refractivity contribution in [3.8, 4) is 0 Å². The first kappa shape index (κ1) is 72.8. The number of hydrogen-bond acceptors (Lipinski definition) is 6. The third-order valence-electron chi connectivity index (χ3n) is 13.5. The first-order chi connectivity index (χ1) is 38.0. The first-order valence-corrected chi connectivity index (χ1v) is 32.0. The minimum atomic E-state index is -0.786. The molecule has 0 saturated heterocycles. The fourth-order valence-electron chi connectivity index (χ4n) is 8.67. The number of allylic oxidation sites excluding steroid dienone is 20. The predicted molar refractivity (Wildman–Crippen MR) is 334 cm³/mol. The lowest BCUT2D eigenvalue weighted by atomic mass is 10.1. The van der Waals surface area contributed by atoms with E-state index in [0.29, 0.717) is 19.3 Å². The van der Waals surface area contributed by atoms with Crippen LogP contribution in [0.25, 0.3) is 0 Å². The highest BCUT2D eigenvalue weighted by Crippen LogP contribution is 2.15. The van der Waals surface area contributed by atoms with Crippen molar-refractivity contribution in [2.45, 2.75) is 297 Å². The molecule has 0 aliphatic heterocycles. The fourth-order valence-corrected chi connectivity index (χ4v) is 8.67. The van der Waals surface area contributed by atoms with Gasteiger partial charge >= 0.3 is 17.9 Å². The molecule has 0 heterocycles. The highest BCUT2D eigenvalue weighted by atomic mass is 16.6. The van der Waals surface area contributed by atoms with E-state index in [2.05, 4.69) is 142 Å². The summed E-state index contributed by atoms with van der Waals surface area (Å²) < 4.78 is 16.8. The molecule has 0 radical (unpaired) electrons. The molecule has 0 aromatic carbocycles. The molecule has 0 aliphatic carbocycles. The van der Waals surface area contributed by atoms with Crippen molar-refractivity contribution in [3.05, 3.63) is 122 Å². The fraction of sp³-hybridized carbons (Fsp3) is 0.676. The molecule has 0 spiro atoms. The summed E-state index contributed by atoms with van der Waals surface area (Å²) in [5.74, 6) is -0.903. The highest BCUT2D eigenvalue weighted by Gasteiger charge is 2.19. The summed E-state index contributed by atoms with van der Waals surface area (Å²) in [5.41, 5.74) is 0. The Kier molecular flexibility index (Phi) is 60.8. The monoisotopic (exact) mass is 1070 g/mol. The predicted octanol–water partition coefficient (Wildman–Crippen LogP) is 22.0. The molecule has 0 fully saturated rings. The molecular formula is C71H118O6. The highest BCUT2D eigenvalue weighted by molar-refractivity contribution is 5.71. The Hall–Kier alpha value is -4.19. The van der Waals surface area contributed by atoms with Crippen LogP contribution in [0.1, 0.15) is 290 Å². The van der Waals surface area contributed by atoms with Gasteiger partial charge in [-0.1, -0.05) is 277 Å². The molecule has 6 nitrogen and oxygen atoms in total. The molecule has 0 saturated carbocycles. The van der Waals surface area contributed by atoms with Gasteiger partial charge in [-0.15, -0.1) is 0 Å². The van der Waals surface area contributed by atoms with Crippen molar-refractivity contribution in [2.24, 2.45) is 0 Å². The molecule has 77 heavy (non-hydrogen) atoms. The summed E-state index contributed by atoms with van der Waals surface area (Å²) in [6, 6.07) is 0. The molecular weight excluding hydrogens is 949 g/mol. The largest absolute Gasteiger partial charge is 0.462 e. The van der Waals surface area contributed by atoms with E-state index in [0.717, 1.165) is 135 Å². The molecule has 1 atom stereocenters. The Balaban J connectivity index is 4.19. The molecule has 0 amide bonds. The third-order valence-corrected chi connectivity index (χ3v) is 13.5. The van der Waals surface area contributed by atoms with Crippen molar-refractivity contribution < 1.29 is 28.6 Å². The zero-order valence-corrected chi connectivity index (χ0v) is 50.2. The Morgan fingerprint density at radius 1 is 0.273 bits per heavy atom. The number of hydrogen-bond donors (Lipinski definition) is 0. The van der Waals surface area contributed by atoms with Crippen LogP contribution in [-0.4, -0.2) is 37.2 Å². The van der Waals surface area contributed by atoms with Gasteiger partial charge in [0.15, 0.2) is 6.10 Å². The van der Waals surface area contributed by atoms with Crippen molar-refractivity contribution in [1.82, 2.24) is 0 Å². The van der Waals surface area contributed by atoms with Crippen LogP contribution >= 0.6 is 0 Å². The second kappa shape index (κ2) is 64.3. The number of unbranched alkanes of at least 4 members (excludes halogenated alkanes) is 26. The van der Waals surface area contributed by atoms with Crippen molar-refractivity contribution >= 4 is 17.9 Å². The second-order valence-electron chi connectivity index (χ2n) is 20.9. The summed E-state index contributed by atoms with van der Waals surface area (Å²) in [4.78, 5) is 38.1. The Morgan fingerprint density at radius 2 is 0.506 bits per heavy atom. The first-order valence-electron chi connectivity index (χ1n) is 32.0. The van der Waals surface area contributed by atoms with Gasteiger partial charge in [-0.05, 0) is 116 Å². The van der Waals surface area contributed by atoms with Crippen molar-refractivity contribution in [3.63, 3.8) is 0 Å². The maximum absolute atomic E-state index is 12.8. The topological polar surface area (TPSA) is 78.9 Å². The van der Waals surface area contributed by atoms with E-state index in [1.807, 2.05) is 0 Å². The normalized spacial score (nSPS) is 12.9. The SMILES string of the molecule is CC/C=C\C/C=C\C/C=C\C/C=C\C/C=C\C/C=C\C/C=C\C/C=C\C/C=C\CCCCCCCCCC(=O)OCC(COC(=O)CCCCCCCCCCC)OC(=O)CCCCCCC/C=C\CCCCCCCC. The molecule has 0 aliphatic rings. The molecule has 438 valence electrons. The van der Waals surface area contributed by atoms with Crippen LogP contribution in [0.5, 0.6) is 0 Å². The van der Waals surface area contributed by atoms with Gasteiger partial charge in [0.2, 0.25) is 0 Å². The van der Waals surface area contributed by atoms with E-state index in [1.165, 1.54) is 116 Å². The second-order valence-corrected chi connectivity index (χ2v) is 20.9. The lowest BCUT2D eigenvalue weighted by molar-refractivity contribution is -0.167. The van der Waals surface area contributed by atoms with Crippen LogP contribution in [0.3, 0.4) is 0 Å². The lowest BCUT2D eigenvalue weighted by Crippen LogP contribution is -2.30. The van der Waals surface area contributed by atoms with Crippen molar-refractivity contribution in [2.75, 3.05) is 13.2 Å². The van der Waals surface area contributed by atoms with Crippen LogP contribution in [-0.2, 0) is 28.6 Å². The Bertz CT molecular complexity index is 1600. The summed E-state index contributed by atoms with van der Waals surface area (Å²) in [7, 11) is 0. The Morgan fingerprint density at radius 3 is 0.805 bits per heavy atom.